The molecule has 1 atom stereocenters. The summed E-state index contributed by atoms with van der Waals surface area (Å²) in [6.07, 6.45) is 4.63. The Hall–Kier alpha value is -2.11. The Labute approximate surface area is 166 Å². The highest BCUT2D eigenvalue weighted by molar-refractivity contribution is 6.32. The van der Waals surface area contributed by atoms with Crippen LogP contribution in [0.3, 0.4) is 0 Å². The molecular formula is C21H27ClN2O3. The molecule has 2 rings (SSSR count). The fourth-order valence-electron chi connectivity index (χ4n) is 2.86. The van der Waals surface area contributed by atoms with Crippen molar-refractivity contribution < 1.29 is 14.3 Å². The molecule has 1 amide bonds. The highest BCUT2D eigenvalue weighted by Crippen LogP contribution is 2.25. The van der Waals surface area contributed by atoms with Crippen molar-refractivity contribution in [3.8, 4) is 5.75 Å². The van der Waals surface area contributed by atoms with Crippen LogP contribution in [0.5, 0.6) is 5.75 Å². The second-order valence-electron chi connectivity index (χ2n) is 6.50. The van der Waals surface area contributed by atoms with Crippen LogP contribution in [0.2, 0.25) is 0 Å². The second-order valence-corrected chi connectivity index (χ2v) is 6.88. The van der Waals surface area contributed by atoms with E-state index in [0.717, 1.165) is 36.3 Å². The molecule has 1 aromatic carbocycles. The summed E-state index contributed by atoms with van der Waals surface area (Å²) in [5.41, 5.74) is 2.55. The quantitative estimate of drug-likeness (QED) is 0.538. The molecule has 0 spiro atoms. The lowest BCUT2D eigenvalue weighted by Crippen LogP contribution is -2.40. The van der Waals surface area contributed by atoms with Crippen LogP contribution in [0.15, 0.2) is 51.6 Å². The monoisotopic (exact) mass is 390 g/mol. The summed E-state index contributed by atoms with van der Waals surface area (Å²) < 4.78 is 10.6. The molecule has 0 aliphatic carbocycles. The number of nitrogens with one attached hydrogen (secondary N) is 1. The van der Waals surface area contributed by atoms with Gasteiger partial charge in [-0.3, -0.25) is 9.79 Å². The average Bonchev–Trinajstić information content (AvgIpc) is 2.71. The fraction of sp³-hybridized carbons (Fsp3) is 0.429. The topological polar surface area (TPSA) is 59.9 Å². The second kappa shape index (κ2) is 10.9. The zero-order valence-corrected chi connectivity index (χ0v) is 16.7. The van der Waals surface area contributed by atoms with Gasteiger partial charge in [-0.05, 0) is 56.2 Å². The minimum absolute atomic E-state index is 0.0357. The van der Waals surface area contributed by atoms with Gasteiger partial charge in [0.2, 0.25) is 5.91 Å². The third kappa shape index (κ3) is 6.85. The Balaban J connectivity index is 2.09. The molecule has 1 unspecified atom stereocenters. The number of carbonyl (C=O) groups is 1. The number of nitrogens with zero attached hydrogens (tertiary/aromatic N) is 1. The molecule has 146 valence electrons. The Morgan fingerprint density at radius 3 is 2.78 bits per heavy atom. The first kappa shape index (κ1) is 21.2. The van der Waals surface area contributed by atoms with Crippen molar-refractivity contribution in [3.05, 3.63) is 52.2 Å². The molecule has 1 aliphatic heterocycles. The molecule has 0 radical (unpaired) electrons. The number of carbonyl (C=O) groups excluding carboxylic acids is 1. The molecule has 1 heterocycles. The zero-order chi connectivity index (χ0) is 19.6. The van der Waals surface area contributed by atoms with Crippen molar-refractivity contribution in [2.75, 3.05) is 20.3 Å². The number of hydrogen-bond donors (Lipinski definition) is 1. The maximum Gasteiger partial charge on any atom is 0.224 e. The van der Waals surface area contributed by atoms with E-state index in [1.165, 1.54) is 0 Å². The van der Waals surface area contributed by atoms with Gasteiger partial charge in [-0.25, -0.2) is 0 Å². The number of rotatable bonds is 8. The first-order chi connectivity index (χ1) is 13.0. The van der Waals surface area contributed by atoms with Crippen LogP contribution in [0, 0.1) is 0 Å². The van der Waals surface area contributed by atoms with Gasteiger partial charge in [0.25, 0.3) is 0 Å². The molecule has 27 heavy (non-hydrogen) atoms. The lowest BCUT2D eigenvalue weighted by atomic mass is 10.0. The van der Waals surface area contributed by atoms with Gasteiger partial charge in [-0.1, -0.05) is 29.8 Å². The van der Waals surface area contributed by atoms with Crippen molar-refractivity contribution in [1.29, 1.82) is 0 Å². The van der Waals surface area contributed by atoms with Crippen LogP contribution >= 0.6 is 11.6 Å². The number of halogens is 1. The Morgan fingerprint density at radius 2 is 2.19 bits per heavy atom. The normalized spacial score (nSPS) is 18.5. The number of methoxy groups -OCH3 is 1. The van der Waals surface area contributed by atoms with E-state index in [0.29, 0.717) is 23.8 Å². The Bertz CT molecular complexity index is 705. The molecule has 1 N–H and O–H groups in total. The van der Waals surface area contributed by atoms with Crippen LogP contribution in [0.25, 0.3) is 0 Å². The van der Waals surface area contributed by atoms with Gasteiger partial charge in [0.1, 0.15) is 5.75 Å². The lowest BCUT2D eigenvalue weighted by molar-refractivity contribution is -0.121. The largest absolute Gasteiger partial charge is 0.497 e. The van der Waals surface area contributed by atoms with Crippen LogP contribution in [-0.4, -0.2) is 39.0 Å². The standard InChI is InChI=1S/C21H27ClN2O3/c1-15(23-2)21(22)17(13-16-6-9-19(26-3)10-7-16)8-11-20(25)24-18-5-4-12-27-14-18/h6-10,18H,2,4-5,11-14H2,1,3H3,(H,24,25)/b17-8-,21-15+. The minimum Gasteiger partial charge on any atom is -0.497 e. The van der Waals surface area contributed by atoms with Gasteiger partial charge in [-0.2, -0.15) is 0 Å². The van der Waals surface area contributed by atoms with Crippen LogP contribution < -0.4 is 10.1 Å². The summed E-state index contributed by atoms with van der Waals surface area (Å²) in [6, 6.07) is 7.85. The molecule has 5 nitrogen and oxygen atoms in total. The van der Waals surface area contributed by atoms with Crippen molar-refractivity contribution in [1.82, 2.24) is 5.32 Å². The first-order valence-corrected chi connectivity index (χ1v) is 9.43. The van der Waals surface area contributed by atoms with Gasteiger partial charge in [0, 0.05) is 13.0 Å². The number of allylic oxidation sites excluding steroid dienone is 3. The predicted octanol–water partition coefficient (Wildman–Crippen LogP) is 4.02. The number of ether oxygens (including phenoxy) is 2. The van der Waals surface area contributed by atoms with Gasteiger partial charge in [0.15, 0.2) is 0 Å². The van der Waals surface area contributed by atoms with E-state index < -0.39 is 0 Å². The molecule has 0 saturated carbocycles. The highest BCUT2D eigenvalue weighted by atomic mass is 35.5. The van der Waals surface area contributed by atoms with E-state index in [9.17, 15) is 4.79 Å². The van der Waals surface area contributed by atoms with Crippen molar-refractivity contribution >= 4 is 24.2 Å². The van der Waals surface area contributed by atoms with Gasteiger partial charge in [0.05, 0.1) is 30.5 Å². The summed E-state index contributed by atoms with van der Waals surface area (Å²) in [6.45, 7) is 6.69. The molecular weight excluding hydrogens is 364 g/mol. The van der Waals surface area contributed by atoms with E-state index in [-0.39, 0.29) is 18.4 Å². The summed E-state index contributed by atoms with van der Waals surface area (Å²) in [4.78, 5) is 16.2. The molecule has 1 fully saturated rings. The minimum atomic E-state index is -0.0357. The lowest BCUT2D eigenvalue weighted by Gasteiger charge is -2.22. The SMILES string of the molecule is C=N/C(C)=C(Cl)\C(=C/CC(=O)NC1CCCOC1)Cc1ccc(OC)cc1. The summed E-state index contributed by atoms with van der Waals surface area (Å²) >= 11 is 6.48. The molecule has 1 saturated heterocycles. The molecule has 0 aromatic heterocycles. The fourth-order valence-corrected chi connectivity index (χ4v) is 3.07. The summed E-state index contributed by atoms with van der Waals surface area (Å²) in [5, 5.41) is 3.54. The Kier molecular flexibility index (Phi) is 8.55. The predicted molar refractivity (Wildman–Crippen MR) is 109 cm³/mol. The number of amides is 1. The van der Waals surface area contributed by atoms with E-state index in [2.05, 4.69) is 17.0 Å². The summed E-state index contributed by atoms with van der Waals surface area (Å²) in [7, 11) is 1.63. The van der Waals surface area contributed by atoms with Crippen LogP contribution in [-0.2, 0) is 16.0 Å². The molecule has 0 bridgehead atoms. The maximum atomic E-state index is 12.3. The van der Waals surface area contributed by atoms with E-state index in [4.69, 9.17) is 21.1 Å². The van der Waals surface area contributed by atoms with Gasteiger partial charge in [-0.15, -0.1) is 0 Å². The van der Waals surface area contributed by atoms with Crippen LogP contribution in [0.4, 0.5) is 0 Å². The van der Waals surface area contributed by atoms with E-state index >= 15 is 0 Å². The van der Waals surface area contributed by atoms with Crippen molar-refractivity contribution in [2.24, 2.45) is 4.99 Å². The van der Waals surface area contributed by atoms with Crippen LogP contribution in [0.1, 0.15) is 31.7 Å². The third-order valence-corrected chi connectivity index (χ3v) is 4.97. The molecule has 1 aromatic rings. The van der Waals surface area contributed by atoms with Crippen molar-refractivity contribution in [3.63, 3.8) is 0 Å². The number of aliphatic imine (C=N–C) groups is 1. The third-order valence-electron chi connectivity index (χ3n) is 4.45. The van der Waals surface area contributed by atoms with Gasteiger partial charge < -0.3 is 14.8 Å². The van der Waals surface area contributed by atoms with E-state index in [1.54, 1.807) is 14.0 Å². The number of hydrogen-bond acceptors (Lipinski definition) is 4. The Morgan fingerprint density at radius 1 is 1.44 bits per heavy atom. The number of benzene rings is 1. The first-order valence-electron chi connectivity index (χ1n) is 9.06. The molecule has 1 aliphatic rings. The van der Waals surface area contributed by atoms with Crippen molar-refractivity contribution in [2.45, 2.75) is 38.6 Å². The maximum absolute atomic E-state index is 12.3. The smallest absolute Gasteiger partial charge is 0.224 e. The molecule has 6 heteroatoms. The highest BCUT2D eigenvalue weighted by Gasteiger charge is 2.16. The average molecular weight is 391 g/mol. The van der Waals surface area contributed by atoms with E-state index in [1.807, 2.05) is 30.3 Å². The zero-order valence-electron chi connectivity index (χ0n) is 16.0. The summed E-state index contributed by atoms with van der Waals surface area (Å²) in [5.74, 6) is 0.760. The van der Waals surface area contributed by atoms with Gasteiger partial charge >= 0.3 is 0 Å².